The lowest BCUT2D eigenvalue weighted by molar-refractivity contribution is -0.140. The Morgan fingerprint density at radius 1 is 1.13 bits per heavy atom. The predicted octanol–water partition coefficient (Wildman–Crippen LogP) is 4.79. The molecule has 2 N–H and O–H groups in total. The van der Waals surface area contributed by atoms with Crippen molar-refractivity contribution in [2.24, 2.45) is 0 Å². The van der Waals surface area contributed by atoms with Crippen LogP contribution in [0.15, 0.2) is 55.1 Å². The van der Waals surface area contributed by atoms with Crippen LogP contribution in [0.1, 0.15) is 51.0 Å². The summed E-state index contributed by atoms with van der Waals surface area (Å²) in [6.07, 6.45) is 12.8. The molecule has 0 aliphatic rings. The third-order valence-corrected chi connectivity index (χ3v) is 4.05. The van der Waals surface area contributed by atoms with E-state index in [-0.39, 0.29) is 5.75 Å². The number of phenols is 1. The number of allylic oxidation sites excluding steroid dienone is 2. The van der Waals surface area contributed by atoms with E-state index in [0.717, 1.165) is 37.7 Å². The number of phenolic OH excluding ortho intramolecular Hbond substituents is 1. The van der Waals surface area contributed by atoms with Gasteiger partial charge in [-0.3, -0.25) is 0 Å². The topological polar surface area (TPSA) is 66.8 Å². The molecule has 0 radical (unpaired) electrons. The van der Waals surface area contributed by atoms with Crippen LogP contribution in [0.3, 0.4) is 0 Å². The van der Waals surface area contributed by atoms with Crippen molar-refractivity contribution < 1.29 is 19.7 Å². The van der Waals surface area contributed by atoms with Gasteiger partial charge < -0.3 is 14.9 Å². The molecule has 0 saturated heterocycles. The Morgan fingerprint density at radius 2 is 1.83 bits per heavy atom. The molecule has 1 aromatic carbocycles. The summed E-state index contributed by atoms with van der Waals surface area (Å²) in [4.78, 5) is 11.9. The number of hydrogen-bond acceptors (Lipinski definition) is 4. The lowest BCUT2D eigenvalue weighted by Gasteiger charge is -2.07. The van der Waals surface area contributed by atoms with Gasteiger partial charge in [-0.25, -0.2) is 4.79 Å². The van der Waals surface area contributed by atoms with Crippen LogP contribution in [0.2, 0.25) is 0 Å². The summed E-state index contributed by atoms with van der Waals surface area (Å²) in [7, 11) is 0. The van der Waals surface area contributed by atoms with E-state index in [1.165, 1.54) is 18.2 Å². The van der Waals surface area contributed by atoms with Gasteiger partial charge in [-0.2, -0.15) is 0 Å². The number of benzene rings is 1. The van der Waals surface area contributed by atoms with Crippen molar-refractivity contribution >= 4 is 12.0 Å². The largest absolute Gasteiger partial charge is 0.508 e. The van der Waals surface area contributed by atoms with Crippen LogP contribution in [-0.2, 0) is 9.53 Å². The maximum atomic E-state index is 11.9. The molecule has 0 aliphatic carbocycles. The van der Waals surface area contributed by atoms with Gasteiger partial charge in [-0.1, -0.05) is 43.5 Å². The van der Waals surface area contributed by atoms with E-state index in [2.05, 4.69) is 30.3 Å². The Bertz CT molecular complexity index is 826. The number of ether oxygens (including phenoxy) is 1. The van der Waals surface area contributed by atoms with Crippen LogP contribution in [0.25, 0.3) is 6.08 Å². The summed E-state index contributed by atoms with van der Waals surface area (Å²) in [6.45, 7) is 5.56. The number of rotatable bonds is 11. The highest BCUT2D eigenvalue weighted by atomic mass is 16.5. The van der Waals surface area contributed by atoms with Gasteiger partial charge in [-0.05, 0) is 79.7 Å². The van der Waals surface area contributed by atoms with Gasteiger partial charge >= 0.3 is 5.97 Å². The van der Waals surface area contributed by atoms with Crippen LogP contribution in [0.4, 0.5) is 0 Å². The van der Waals surface area contributed by atoms with Gasteiger partial charge in [0.25, 0.3) is 0 Å². The van der Waals surface area contributed by atoms with E-state index in [1.807, 2.05) is 19.1 Å². The summed E-state index contributed by atoms with van der Waals surface area (Å²) in [5.74, 6) is 10.3. The van der Waals surface area contributed by atoms with E-state index in [4.69, 9.17) is 4.74 Å². The molecule has 1 unspecified atom stereocenters. The van der Waals surface area contributed by atoms with E-state index in [9.17, 15) is 15.0 Å². The second-order valence-electron chi connectivity index (χ2n) is 6.60. The smallest absolute Gasteiger partial charge is 0.332 e. The Labute approximate surface area is 180 Å². The second kappa shape index (κ2) is 15.7. The standard InChI is InChI=1S/C26H30O4/c1-3-5-6-7-8-9-10-13-23(27)14-11-12-15-25(4-2)30-26(29)21-18-22-16-19-24(28)20-17-22/h3,10,13,16-21,23,25,27-28H,1,4-9H2,2H3/b13-10-,21-18+/t23-,25?/m0/s1. The van der Waals surface area contributed by atoms with Crippen molar-refractivity contribution in [3.8, 4) is 29.4 Å². The summed E-state index contributed by atoms with van der Waals surface area (Å²) in [5, 5.41) is 19.0. The van der Waals surface area contributed by atoms with Crippen molar-refractivity contribution in [3.63, 3.8) is 0 Å². The number of carbonyl (C=O) groups is 1. The van der Waals surface area contributed by atoms with Gasteiger partial charge in [-0.15, -0.1) is 6.58 Å². The molecule has 30 heavy (non-hydrogen) atoms. The first-order valence-electron chi connectivity index (χ1n) is 10.2. The van der Waals surface area contributed by atoms with Crippen molar-refractivity contribution in [2.75, 3.05) is 0 Å². The van der Waals surface area contributed by atoms with Crippen LogP contribution in [0.5, 0.6) is 5.75 Å². The predicted molar refractivity (Wildman–Crippen MR) is 121 cm³/mol. The fraction of sp³-hybridized carbons (Fsp3) is 0.346. The van der Waals surface area contributed by atoms with E-state index < -0.39 is 18.2 Å². The molecule has 0 amide bonds. The molecule has 2 atom stereocenters. The van der Waals surface area contributed by atoms with Crippen LogP contribution < -0.4 is 0 Å². The highest BCUT2D eigenvalue weighted by molar-refractivity contribution is 5.87. The average molecular weight is 407 g/mol. The Morgan fingerprint density at radius 3 is 2.53 bits per heavy atom. The van der Waals surface area contributed by atoms with Crippen LogP contribution >= 0.6 is 0 Å². The van der Waals surface area contributed by atoms with E-state index >= 15 is 0 Å². The summed E-state index contributed by atoms with van der Waals surface area (Å²) < 4.78 is 5.27. The summed E-state index contributed by atoms with van der Waals surface area (Å²) in [6, 6.07) is 6.46. The molecule has 158 valence electrons. The minimum Gasteiger partial charge on any atom is -0.508 e. The Hall–Kier alpha value is -3.21. The summed E-state index contributed by atoms with van der Waals surface area (Å²) >= 11 is 0. The minimum atomic E-state index is -0.858. The molecule has 4 heteroatoms. The van der Waals surface area contributed by atoms with Gasteiger partial charge in [0.2, 0.25) is 0 Å². The third-order valence-electron chi connectivity index (χ3n) is 4.05. The zero-order valence-electron chi connectivity index (χ0n) is 17.5. The SMILES string of the molecule is C=CCCCCC/C=C\[C@H](O)C#CC#CC(CC)OC(=O)/C=C/c1ccc(O)cc1. The lowest BCUT2D eigenvalue weighted by atomic mass is 10.1. The lowest BCUT2D eigenvalue weighted by Crippen LogP contribution is -2.13. The monoisotopic (exact) mass is 406 g/mol. The Balaban J connectivity index is 2.41. The zero-order chi connectivity index (χ0) is 22.0. The number of esters is 1. The quantitative estimate of drug-likeness (QED) is 0.182. The van der Waals surface area contributed by atoms with Crippen molar-refractivity contribution in [2.45, 2.75) is 57.7 Å². The fourth-order valence-corrected chi connectivity index (χ4v) is 2.37. The molecule has 0 aliphatic heterocycles. The first-order chi connectivity index (χ1) is 14.5. The first kappa shape index (κ1) is 24.8. The number of hydrogen-bond donors (Lipinski definition) is 2. The number of carbonyl (C=O) groups excluding carboxylic acids is 1. The number of aromatic hydroxyl groups is 1. The van der Waals surface area contributed by atoms with Gasteiger partial charge in [0.05, 0.1) is 0 Å². The molecule has 0 spiro atoms. The molecule has 4 nitrogen and oxygen atoms in total. The molecule has 1 aromatic rings. The maximum absolute atomic E-state index is 11.9. The van der Waals surface area contributed by atoms with E-state index in [1.54, 1.807) is 24.3 Å². The third kappa shape index (κ3) is 12.3. The summed E-state index contributed by atoms with van der Waals surface area (Å²) in [5.41, 5.74) is 0.772. The molecule has 1 rings (SSSR count). The normalized spacial score (nSPS) is 12.5. The number of aliphatic hydroxyl groups excluding tert-OH is 1. The molecule has 0 aromatic heterocycles. The molecule has 0 fully saturated rings. The highest BCUT2D eigenvalue weighted by Crippen LogP contribution is 2.11. The van der Waals surface area contributed by atoms with E-state index in [0.29, 0.717) is 6.42 Å². The fourth-order valence-electron chi connectivity index (χ4n) is 2.37. The van der Waals surface area contributed by atoms with Gasteiger partial charge in [0.1, 0.15) is 11.9 Å². The number of unbranched alkanes of at least 4 members (excludes halogenated alkanes) is 4. The average Bonchev–Trinajstić information content (AvgIpc) is 2.74. The van der Waals surface area contributed by atoms with Crippen LogP contribution in [-0.4, -0.2) is 28.4 Å². The minimum absolute atomic E-state index is 0.164. The molecule has 0 heterocycles. The zero-order valence-corrected chi connectivity index (χ0v) is 17.5. The van der Waals surface area contributed by atoms with Crippen molar-refractivity contribution in [3.05, 3.63) is 60.7 Å². The van der Waals surface area contributed by atoms with Crippen molar-refractivity contribution in [1.82, 2.24) is 0 Å². The molecule has 0 saturated carbocycles. The maximum Gasteiger partial charge on any atom is 0.332 e. The van der Waals surface area contributed by atoms with Crippen LogP contribution in [0, 0.1) is 23.7 Å². The van der Waals surface area contributed by atoms with Gasteiger partial charge in [0, 0.05) is 6.08 Å². The first-order valence-corrected chi connectivity index (χ1v) is 10.2. The molecule has 0 bridgehead atoms. The second-order valence-corrected chi connectivity index (χ2v) is 6.60. The van der Waals surface area contributed by atoms with Crippen molar-refractivity contribution in [1.29, 1.82) is 0 Å². The Kier molecular flexibility index (Phi) is 13.0. The molecular weight excluding hydrogens is 376 g/mol. The number of aliphatic hydroxyl groups is 1. The highest BCUT2D eigenvalue weighted by Gasteiger charge is 2.06. The molecular formula is C26H30O4. The van der Waals surface area contributed by atoms with Gasteiger partial charge in [0.15, 0.2) is 6.10 Å².